The second kappa shape index (κ2) is 10.7. The van der Waals surface area contributed by atoms with Crippen molar-refractivity contribution in [3.8, 4) is 11.4 Å². The summed E-state index contributed by atoms with van der Waals surface area (Å²) in [6.07, 6.45) is 4.52. The number of carbonyl (C=O) groups is 1. The van der Waals surface area contributed by atoms with Gasteiger partial charge in [-0.25, -0.2) is 9.97 Å². The van der Waals surface area contributed by atoms with Crippen LogP contribution in [0.15, 0.2) is 48.7 Å². The van der Waals surface area contributed by atoms with Gasteiger partial charge in [0.15, 0.2) is 0 Å². The van der Waals surface area contributed by atoms with Crippen LogP contribution < -0.4 is 10.2 Å². The maximum absolute atomic E-state index is 12.3. The van der Waals surface area contributed by atoms with Crippen LogP contribution >= 0.6 is 0 Å². The van der Waals surface area contributed by atoms with Gasteiger partial charge in [0.1, 0.15) is 23.7 Å². The Morgan fingerprint density at radius 2 is 1.77 bits per heavy atom. The molecule has 0 unspecified atom stereocenters. The first-order chi connectivity index (χ1) is 19.2. The van der Waals surface area contributed by atoms with Crippen molar-refractivity contribution in [2.45, 2.75) is 59.0 Å². The van der Waals surface area contributed by atoms with Crippen molar-refractivity contribution in [2.75, 3.05) is 37.6 Å². The molecule has 2 aliphatic rings. The largest absolute Gasteiger partial charge is 0.367 e. The molecule has 1 saturated heterocycles. The monoisotopic (exact) mass is 539 g/mol. The molecule has 3 heterocycles. The van der Waals surface area contributed by atoms with E-state index in [0.717, 1.165) is 73.2 Å². The minimum absolute atomic E-state index is 0.0742. The Balaban J connectivity index is 1.08. The highest BCUT2D eigenvalue weighted by molar-refractivity contribution is 5.91. The molecular formula is C32H41N7O. The number of piperazine rings is 1. The highest BCUT2D eigenvalue weighted by Crippen LogP contribution is 2.31. The van der Waals surface area contributed by atoms with Crippen LogP contribution in [-0.4, -0.2) is 63.0 Å². The first-order valence-electron chi connectivity index (χ1n) is 14.6. The van der Waals surface area contributed by atoms with Gasteiger partial charge >= 0.3 is 0 Å². The van der Waals surface area contributed by atoms with Crippen LogP contribution in [0, 0.1) is 12.8 Å². The Hall–Kier alpha value is -3.65. The molecule has 6 rings (SSSR count). The molecule has 2 aromatic heterocycles. The number of aromatic nitrogens is 4. The molecule has 0 radical (unpaired) electrons. The molecule has 4 aromatic rings. The summed E-state index contributed by atoms with van der Waals surface area (Å²) in [5.74, 6) is 2.57. The molecule has 40 heavy (non-hydrogen) atoms. The van der Waals surface area contributed by atoms with Crippen LogP contribution in [0.2, 0.25) is 0 Å². The van der Waals surface area contributed by atoms with Gasteiger partial charge in [-0.15, -0.1) is 0 Å². The Kier molecular flexibility index (Phi) is 7.13. The number of nitrogens with one attached hydrogen (secondary N) is 2. The third-order valence-electron chi connectivity index (χ3n) is 8.24. The Labute approximate surface area is 236 Å². The quantitative estimate of drug-likeness (QED) is 0.334. The van der Waals surface area contributed by atoms with Gasteiger partial charge in [-0.1, -0.05) is 51.1 Å². The lowest BCUT2D eigenvalue weighted by Crippen LogP contribution is -2.46. The summed E-state index contributed by atoms with van der Waals surface area (Å²) < 4.78 is 1.97. The van der Waals surface area contributed by atoms with Gasteiger partial charge in [-0.05, 0) is 48.8 Å². The number of imidazole rings is 2. The predicted molar refractivity (Wildman–Crippen MR) is 160 cm³/mol. The number of aromatic amines is 1. The van der Waals surface area contributed by atoms with Crippen molar-refractivity contribution in [3.63, 3.8) is 0 Å². The molecule has 8 heteroatoms. The van der Waals surface area contributed by atoms with Crippen molar-refractivity contribution >= 4 is 22.6 Å². The molecule has 210 valence electrons. The van der Waals surface area contributed by atoms with Crippen LogP contribution in [-0.2, 0) is 23.3 Å². The van der Waals surface area contributed by atoms with Gasteiger partial charge < -0.3 is 19.8 Å². The zero-order valence-electron chi connectivity index (χ0n) is 24.2. The summed E-state index contributed by atoms with van der Waals surface area (Å²) in [6, 6.07) is 15.2. The SMILES string of the molecule is Cc1nc(CN2CCN(c3cccc4[nH]c(-c5ccc(C(C)(C)C)cc5)nc34)CC2)cn1CC(=O)NCC1CC1. The Morgan fingerprint density at radius 3 is 2.48 bits per heavy atom. The number of fused-ring (bicyclic) bond motifs is 1. The molecule has 2 N–H and O–H groups in total. The van der Waals surface area contributed by atoms with Gasteiger partial charge in [0.2, 0.25) is 5.91 Å². The molecule has 2 aromatic carbocycles. The van der Waals surface area contributed by atoms with E-state index < -0.39 is 0 Å². The average Bonchev–Trinajstić information content (AvgIpc) is 3.56. The van der Waals surface area contributed by atoms with Gasteiger partial charge in [0.05, 0.1) is 16.9 Å². The fraction of sp³-hybridized carbons (Fsp3) is 0.469. The molecule has 1 aliphatic heterocycles. The van der Waals surface area contributed by atoms with E-state index in [1.54, 1.807) is 0 Å². The van der Waals surface area contributed by atoms with Crippen molar-refractivity contribution in [1.82, 2.24) is 29.7 Å². The van der Waals surface area contributed by atoms with E-state index in [1.165, 1.54) is 24.1 Å². The van der Waals surface area contributed by atoms with E-state index in [9.17, 15) is 4.79 Å². The second-order valence-electron chi connectivity index (χ2n) is 12.5. The van der Waals surface area contributed by atoms with Crippen LogP contribution in [0.25, 0.3) is 22.4 Å². The predicted octanol–water partition coefficient (Wildman–Crippen LogP) is 4.88. The highest BCUT2D eigenvalue weighted by atomic mass is 16.1. The van der Waals surface area contributed by atoms with Crippen molar-refractivity contribution in [2.24, 2.45) is 5.92 Å². The first-order valence-corrected chi connectivity index (χ1v) is 14.6. The van der Waals surface area contributed by atoms with Crippen LogP contribution in [0.5, 0.6) is 0 Å². The third kappa shape index (κ3) is 5.92. The lowest BCUT2D eigenvalue weighted by molar-refractivity contribution is -0.121. The summed E-state index contributed by atoms with van der Waals surface area (Å²) in [5, 5.41) is 3.05. The number of hydrogen-bond acceptors (Lipinski definition) is 5. The third-order valence-corrected chi connectivity index (χ3v) is 8.24. The molecule has 1 saturated carbocycles. The van der Waals surface area contributed by atoms with Crippen molar-refractivity contribution < 1.29 is 4.79 Å². The summed E-state index contributed by atoms with van der Waals surface area (Å²) in [5.41, 5.74) is 6.86. The van der Waals surface area contributed by atoms with E-state index in [2.05, 4.69) is 83.3 Å². The zero-order chi connectivity index (χ0) is 27.9. The van der Waals surface area contributed by atoms with Crippen molar-refractivity contribution in [1.29, 1.82) is 0 Å². The number of H-pyrrole nitrogens is 1. The maximum Gasteiger partial charge on any atom is 0.239 e. The fourth-order valence-electron chi connectivity index (χ4n) is 5.51. The number of para-hydroxylation sites is 1. The molecular weight excluding hydrogens is 498 g/mol. The van der Waals surface area contributed by atoms with E-state index in [4.69, 9.17) is 9.97 Å². The van der Waals surface area contributed by atoms with Gasteiger partial charge in [-0.2, -0.15) is 0 Å². The first kappa shape index (κ1) is 26.6. The number of carbonyl (C=O) groups excluding carboxylic acids is 1. The molecule has 0 spiro atoms. The molecule has 0 atom stereocenters. The Bertz CT molecular complexity index is 1480. The van der Waals surface area contributed by atoms with Crippen LogP contribution in [0.3, 0.4) is 0 Å². The summed E-state index contributed by atoms with van der Waals surface area (Å²) in [7, 11) is 0. The van der Waals surface area contributed by atoms with Crippen LogP contribution in [0.4, 0.5) is 5.69 Å². The summed E-state index contributed by atoms with van der Waals surface area (Å²) >= 11 is 0. The van der Waals surface area contributed by atoms with Gasteiger partial charge in [-0.3, -0.25) is 9.69 Å². The normalized spacial score (nSPS) is 16.6. The molecule has 0 bridgehead atoms. The topological polar surface area (TPSA) is 82.1 Å². The lowest BCUT2D eigenvalue weighted by Gasteiger charge is -2.35. The molecule has 8 nitrogen and oxygen atoms in total. The maximum atomic E-state index is 12.3. The van der Waals surface area contributed by atoms with Gasteiger partial charge in [0.25, 0.3) is 0 Å². The molecule has 2 fully saturated rings. The number of aryl methyl sites for hydroxylation is 1. The number of rotatable bonds is 8. The standard InChI is InChI=1S/C32H41N7O/c1-22-34-26(20-39(22)21-29(40)33-18-23-8-9-23)19-37-14-16-38(17-15-37)28-7-5-6-27-30(28)36-31(35-27)24-10-12-25(13-11-24)32(2,3)4/h5-7,10-13,20,23H,8-9,14-19,21H2,1-4H3,(H,33,40)(H,35,36). The average molecular weight is 540 g/mol. The number of amides is 1. The second-order valence-corrected chi connectivity index (χ2v) is 12.5. The number of nitrogens with zero attached hydrogens (tertiary/aromatic N) is 5. The minimum atomic E-state index is 0.0742. The fourth-order valence-corrected chi connectivity index (χ4v) is 5.51. The summed E-state index contributed by atoms with van der Waals surface area (Å²) in [6.45, 7) is 14.4. The van der Waals surface area contributed by atoms with Crippen LogP contribution in [0.1, 0.15) is 50.7 Å². The van der Waals surface area contributed by atoms with E-state index in [1.807, 2.05) is 17.7 Å². The van der Waals surface area contributed by atoms with Gasteiger partial charge in [0, 0.05) is 51.0 Å². The number of benzene rings is 2. The number of anilines is 1. The minimum Gasteiger partial charge on any atom is -0.367 e. The lowest BCUT2D eigenvalue weighted by atomic mass is 9.87. The van der Waals surface area contributed by atoms with E-state index in [-0.39, 0.29) is 11.3 Å². The molecule has 1 amide bonds. The molecule has 1 aliphatic carbocycles. The highest BCUT2D eigenvalue weighted by Gasteiger charge is 2.23. The van der Waals surface area contributed by atoms with Crippen molar-refractivity contribution in [3.05, 3.63) is 65.7 Å². The zero-order valence-corrected chi connectivity index (χ0v) is 24.2. The Morgan fingerprint density at radius 1 is 1.02 bits per heavy atom. The number of hydrogen-bond donors (Lipinski definition) is 2. The van der Waals surface area contributed by atoms with E-state index in [0.29, 0.717) is 12.5 Å². The smallest absolute Gasteiger partial charge is 0.239 e. The summed E-state index contributed by atoms with van der Waals surface area (Å²) in [4.78, 5) is 30.5. The van der Waals surface area contributed by atoms with E-state index >= 15 is 0 Å².